The van der Waals surface area contributed by atoms with Crippen LogP contribution in [0.15, 0.2) is 36.4 Å². The lowest BCUT2D eigenvalue weighted by Crippen LogP contribution is -2.02. The van der Waals surface area contributed by atoms with Crippen molar-refractivity contribution in [3.05, 3.63) is 67.2 Å². The third kappa shape index (κ3) is 3.86. The molecule has 0 atom stereocenters. The molecule has 0 saturated carbocycles. The Labute approximate surface area is 135 Å². The van der Waals surface area contributed by atoms with Crippen molar-refractivity contribution in [3.8, 4) is 11.5 Å². The van der Waals surface area contributed by atoms with Gasteiger partial charge in [0.05, 0.1) is 17.0 Å². The van der Waals surface area contributed by atoms with Gasteiger partial charge in [0.1, 0.15) is 12.4 Å². The molecule has 2 aromatic rings. The number of hydrogen-bond donors (Lipinski definition) is 0. The van der Waals surface area contributed by atoms with Crippen LogP contribution in [-0.4, -0.2) is 17.0 Å². The zero-order valence-electron chi connectivity index (χ0n) is 11.9. The number of nitrogens with zero attached hydrogens (tertiary/aromatic N) is 2. The standard InChI is InChI=1S/C14H11ClN2O6/c1-22-13-5-3-11(16(18)19)6-9(13)8-23-14-4-2-10(15)7-12(14)17(20)21/h2-7H,8H2,1H3. The molecule has 0 aromatic heterocycles. The number of rotatable bonds is 6. The van der Waals surface area contributed by atoms with Crippen molar-refractivity contribution >= 4 is 23.0 Å². The molecule has 0 saturated heterocycles. The SMILES string of the molecule is COc1ccc([N+](=O)[O-])cc1COc1ccc(Cl)cc1[N+](=O)[O-]. The van der Waals surface area contributed by atoms with Gasteiger partial charge in [0.15, 0.2) is 5.75 Å². The highest BCUT2D eigenvalue weighted by Gasteiger charge is 2.17. The first-order chi connectivity index (χ1) is 10.9. The lowest BCUT2D eigenvalue weighted by atomic mass is 10.2. The molecule has 120 valence electrons. The molecule has 2 rings (SSSR count). The van der Waals surface area contributed by atoms with Crippen molar-refractivity contribution < 1.29 is 19.3 Å². The van der Waals surface area contributed by atoms with E-state index < -0.39 is 9.85 Å². The van der Waals surface area contributed by atoms with Gasteiger partial charge in [0.25, 0.3) is 5.69 Å². The molecule has 2 aromatic carbocycles. The van der Waals surface area contributed by atoms with E-state index in [-0.39, 0.29) is 28.8 Å². The number of benzene rings is 2. The van der Waals surface area contributed by atoms with Gasteiger partial charge in [0.2, 0.25) is 0 Å². The van der Waals surface area contributed by atoms with Crippen LogP contribution >= 0.6 is 11.6 Å². The van der Waals surface area contributed by atoms with Crippen molar-refractivity contribution in [2.24, 2.45) is 0 Å². The average molecular weight is 339 g/mol. The van der Waals surface area contributed by atoms with Crippen LogP contribution in [0.3, 0.4) is 0 Å². The summed E-state index contributed by atoms with van der Waals surface area (Å²) in [5.74, 6) is 0.389. The van der Waals surface area contributed by atoms with E-state index in [1.807, 2.05) is 0 Å². The fraction of sp³-hybridized carbons (Fsp3) is 0.143. The van der Waals surface area contributed by atoms with E-state index in [1.165, 1.54) is 43.5 Å². The highest BCUT2D eigenvalue weighted by molar-refractivity contribution is 6.30. The second-order valence-electron chi connectivity index (χ2n) is 4.41. The first kappa shape index (κ1) is 16.5. The van der Waals surface area contributed by atoms with Crippen LogP contribution in [-0.2, 0) is 6.61 Å². The van der Waals surface area contributed by atoms with Crippen LogP contribution in [0.2, 0.25) is 5.02 Å². The summed E-state index contributed by atoms with van der Waals surface area (Å²) in [4.78, 5) is 20.7. The highest BCUT2D eigenvalue weighted by atomic mass is 35.5. The third-order valence-electron chi connectivity index (χ3n) is 2.98. The van der Waals surface area contributed by atoms with Crippen molar-refractivity contribution in [2.75, 3.05) is 7.11 Å². The minimum absolute atomic E-state index is 0.00737. The zero-order chi connectivity index (χ0) is 17.0. The molecule has 8 nitrogen and oxygen atoms in total. The van der Waals surface area contributed by atoms with E-state index >= 15 is 0 Å². The molecule has 0 bridgehead atoms. The third-order valence-corrected chi connectivity index (χ3v) is 3.21. The summed E-state index contributed by atoms with van der Waals surface area (Å²) in [6.45, 7) is -0.132. The lowest BCUT2D eigenvalue weighted by Gasteiger charge is -2.10. The van der Waals surface area contributed by atoms with E-state index in [4.69, 9.17) is 21.1 Å². The van der Waals surface area contributed by atoms with Crippen LogP contribution in [0, 0.1) is 20.2 Å². The Bertz CT molecular complexity index is 765. The van der Waals surface area contributed by atoms with Crippen molar-refractivity contribution in [3.63, 3.8) is 0 Å². The molecule has 0 aliphatic rings. The Morgan fingerprint density at radius 3 is 2.35 bits per heavy atom. The Hall–Kier alpha value is -2.87. The molecule has 9 heteroatoms. The van der Waals surface area contributed by atoms with Crippen LogP contribution in [0.1, 0.15) is 5.56 Å². The highest BCUT2D eigenvalue weighted by Crippen LogP contribution is 2.32. The molecule has 0 N–H and O–H groups in total. The number of nitro groups is 2. The molecule has 23 heavy (non-hydrogen) atoms. The maximum atomic E-state index is 11.0. The molecule has 0 fully saturated rings. The first-order valence-electron chi connectivity index (χ1n) is 6.30. The smallest absolute Gasteiger partial charge is 0.312 e. The minimum Gasteiger partial charge on any atom is -0.496 e. The van der Waals surface area contributed by atoms with Gasteiger partial charge < -0.3 is 9.47 Å². The largest absolute Gasteiger partial charge is 0.496 e. The maximum Gasteiger partial charge on any atom is 0.312 e. The molecule has 0 radical (unpaired) electrons. The van der Waals surface area contributed by atoms with Crippen LogP contribution in [0.5, 0.6) is 11.5 Å². The second-order valence-corrected chi connectivity index (χ2v) is 4.85. The number of hydrogen-bond acceptors (Lipinski definition) is 6. The topological polar surface area (TPSA) is 105 Å². The predicted molar refractivity (Wildman–Crippen MR) is 82.1 cm³/mol. The summed E-state index contributed by atoms with van der Waals surface area (Å²) in [6, 6.07) is 8.02. The zero-order valence-corrected chi connectivity index (χ0v) is 12.6. The monoisotopic (exact) mass is 338 g/mol. The fourth-order valence-electron chi connectivity index (χ4n) is 1.90. The summed E-state index contributed by atoms with van der Waals surface area (Å²) in [6.07, 6.45) is 0. The summed E-state index contributed by atoms with van der Waals surface area (Å²) >= 11 is 5.73. The van der Waals surface area contributed by atoms with Crippen LogP contribution in [0.25, 0.3) is 0 Å². The summed E-state index contributed by atoms with van der Waals surface area (Å²) in [7, 11) is 1.41. The summed E-state index contributed by atoms with van der Waals surface area (Å²) < 4.78 is 10.5. The average Bonchev–Trinajstić information content (AvgIpc) is 2.53. The maximum absolute atomic E-state index is 11.0. The Morgan fingerprint density at radius 1 is 1.04 bits per heavy atom. The van der Waals surface area contributed by atoms with Crippen molar-refractivity contribution in [1.82, 2.24) is 0 Å². The summed E-state index contributed by atoms with van der Waals surface area (Å²) in [5.41, 5.74) is -0.0251. The van der Waals surface area contributed by atoms with Gasteiger partial charge in [0, 0.05) is 28.8 Å². The van der Waals surface area contributed by atoms with Crippen molar-refractivity contribution in [1.29, 1.82) is 0 Å². The Morgan fingerprint density at radius 2 is 1.74 bits per heavy atom. The molecular formula is C14H11ClN2O6. The quantitative estimate of drug-likeness (QED) is 0.586. The van der Waals surface area contributed by atoms with E-state index in [0.29, 0.717) is 11.3 Å². The Balaban J connectivity index is 2.29. The molecule has 0 aliphatic heterocycles. The predicted octanol–water partition coefficient (Wildman–Crippen LogP) is 3.74. The number of ether oxygens (including phenoxy) is 2. The molecule has 0 amide bonds. The van der Waals surface area contributed by atoms with Gasteiger partial charge in [-0.15, -0.1) is 0 Å². The number of halogens is 1. The van der Waals surface area contributed by atoms with Gasteiger partial charge in [-0.1, -0.05) is 11.6 Å². The van der Waals surface area contributed by atoms with Gasteiger partial charge in [-0.05, 0) is 18.2 Å². The van der Waals surface area contributed by atoms with Crippen molar-refractivity contribution in [2.45, 2.75) is 6.61 Å². The van der Waals surface area contributed by atoms with E-state index in [9.17, 15) is 20.2 Å². The molecule has 0 unspecified atom stereocenters. The van der Waals surface area contributed by atoms with E-state index in [1.54, 1.807) is 0 Å². The van der Waals surface area contributed by atoms with Gasteiger partial charge >= 0.3 is 5.69 Å². The van der Waals surface area contributed by atoms with Crippen LogP contribution < -0.4 is 9.47 Å². The van der Waals surface area contributed by atoms with Crippen LogP contribution in [0.4, 0.5) is 11.4 Å². The molecule has 0 spiro atoms. The Kier molecular flexibility index (Phi) is 4.97. The van der Waals surface area contributed by atoms with Gasteiger partial charge in [-0.2, -0.15) is 0 Å². The minimum atomic E-state index is -0.619. The van der Waals surface area contributed by atoms with E-state index in [2.05, 4.69) is 0 Å². The fourth-order valence-corrected chi connectivity index (χ4v) is 2.07. The number of nitro benzene ring substituents is 2. The second kappa shape index (κ2) is 6.93. The first-order valence-corrected chi connectivity index (χ1v) is 6.68. The van der Waals surface area contributed by atoms with Gasteiger partial charge in [-0.3, -0.25) is 20.2 Å². The van der Waals surface area contributed by atoms with E-state index in [0.717, 1.165) is 0 Å². The summed E-state index contributed by atoms with van der Waals surface area (Å²) in [5, 5.41) is 22.0. The molecule has 0 aliphatic carbocycles. The van der Waals surface area contributed by atoms with Gasteiger partial charge in [-0.25, -0.2) is 0 Å². The molecule has 0 heterocycles. The molecular weight excluding hydrogens is 328 g/mol. The number of non-ortho nitro benzene ring substituents is 1. The lowest BCUT2D eigenvalue weighted by molar-refractivity contribution is -0.385. The number of methoxy groups -OCH3 is 1. The normalized spacial score (nSPS) is 10.2.